The maximum Gasteiger partial charge on any atom is 0.225 e. The van der Waals surface area contributed by atoms with Gasteiger partial charge in [0.2, 0.25) is 11.8 Å². The first kappa shape index (κ1) is 17.0. The Kier molecular flexibility index (Phi) is 5.22. The number of carbonyl (C=O) groups excluding carboxylic acids is 2. The molecule has 0 unspecified atom stereocenters. The van der Waals surface area contributed by atoms with E-state index in [4.69, 9.17) is 0 Å². The molecule has 0 spiro atoms. The van der Waals surface area contributed by atoms with Crippen LogP contribution in [-0.2, 0) is 9.59 Å². The lowest BCUT2D eigenvalue weighted by Gasteiger charge is -2.28. The molecule has 1 N–H and O–H groups in total. The minimum absolute atomic E-state index is 0.0204. The van der Waals surface area contributed by atoms with Crippen LogP contribution in [0.3, 0.4) is 0 Å². The second-order valence-electron chi connectivity index (χ2n) is 7.50. The Hall–Kier alpha value is -1.84. The Morgan fingerprint density at radius 1 is 1.17 bits per heavy atom. The molecule has 4 nitrogen and oxygen atoms in total. The van der Waals surface area contributed by atoms with Crippen molar-refractivity contribution >= 4 is 11.8 Å². The average molecular weight is 328 g/mol. The quantitative estimate of drug-likeness (QED) is 0.922. The van der Waals surface area contributed by atoms with Crippen LogP contribution in [0.25, 0.3) is 0 Å². The van der Waals surface area contributed by atoms with E-state index in [1.165, 1.54) is 12.8 Å². The van der Waals surface area contributed by atoms with Gasteiger partial charge in [0.1, 0.15) is 0 Å². The zero-order chi connectivity index (χ0) is 17.1. The van der Waals surface area contributed by atoms with E-state index in [-0.39, 0.29) is 23.8 Å². The van der Waals surface area contributed by atoms with Crippen LogP contribution >= 0.6 is 0 Å². The van der Waals surface area contributed by atoms with Crippen molar-refractivity contribution in [2.45, 2.75) is 58.0 Å². The van der Waals surface area contributed by atoms with E-state index in [0.29, 0.717) is 19.0 Å². The van der Waals surface area contributed by atoms with Gasteiger partial charge in [-0.05, 0) is 44.1 Å². The highest BCUT2D eigenvalue weighted by molar-refractivity contribution is 5.89. The highest BCUT2D eigenvalue weighted by Gasteiger charge is 2.37. The number of amides is 2. The van der Waals surface area contributed by atoms with Gasteiger partial charge in [-0.3, -0.25) is 9.59 Å². The SMILES string of the molecule is CC1CCC(NC(=O)[C@@H]2CC(=O)N([C@H](C)c3ccccc3)C2)CC1. The zero-order valence-electron chi connectivity index (χ0n) is 14.7. The minimum atomic E-state index is -0.206. The molecule has 2 atom stereocenters. The molecule has 1 saturated carbocycles. The van der Waals surface area contributed by atoms with Gasteiger partial charge < -0.3 is 10.2 Å². The molecule has 2 aliphatic rings. The van der Waals surface area contributed by atoms with Crippen LogP contribution in [0, 0.1) is 11.8 Å². The first-order chi connectivity index (χ1) is 11.5. The third-order valence-corrected chi connectivity index (χ3v) is 5.64. The third-order valence-electron chi connectivity index (χ3n) is 5.64. The fraction of sp³-hybridized carbons (Fsp3) is 0.600. The number of rotatable bonds is 4. The Bertz CT molecular complexity index is 579. The largest absolute Gasteiger partial charge is 0.353 e. The number of nitrogens with zero attached hydrogens (tertiary/aromatic N) is 1. The van der Waals surface area contributed by atoms with Crippen molar-refractivity contribution in [3.63, 3.8) is 0 Å². The summed E-state index contributed by atoms with van der Waals surface area (Å²) in [4.78, 5) is 26.8. The number of carbonyl (C=O) groups is 2. The first-order valence-corrected chi connectivity index (χ1v) is 9.19. The summed E-state index contributed by atoms with van der Waals surface area (Å²) in [6.07, 6.45) is 4.85. The standard InChI is InChI=1S/C20H28N2O2/c1-14-8-10-18(11-9-14)21-20(24)17-12-19(23)22(13-17)15(2)16-6-4-3-5-7-16/h3-7,14-15,17-18H,8-13H2,1-2H3,(H,21,24)/t14?,15-,17-,18?/m1/s1. The summed E-state index contributed by atoms with van der Waals surface area (Å²) in [5, 5.41) is 3.18. The third kappa shape index (κ3) is 3.80. The summed E-state index contributed by atoms with van der Waals surface area (Å²) in [5.74, 6) is 0.714. The van der Waals surface area contributed by atoms with Crippen LogP contribution in [-0.4, -0.2) is 29.3 Å². The van der Waals surface area contributed by atoms with Gasteiger partial charge in [-0.25, -0.2) is 0 Å². The van der Waals surface area contributed by atoms with Gasteiger partial charge in [0.05, 0.1) is 12.0 Å². The molecule has 4 heteroatoms. The maximum atomic E-state index is 12.6. The second kappa shape index (κ2) is 7.37. The van der Waals surface area contributed by atoms with Gasteiger partial charge >= 0.3 is 0 Å². The molecule has 0 aromatic heterocycles. The lowest BCUT2D eigenvalue weighted by Crippen LogP contribution is -2.41. The van der Waals surface area contributed by atoms with Crippen molar-refractivity contribution in [1.82, 2.24) is 10.2 Å². The van der Waals surface area contributed by atoms with Crippen LogP contribution in [0.5, 0.6) is 0 Å². The fourth-order valence-corrected chi connectivity index (χ4v) is 3.92. The zero-order valence-corrected chi connectivity index (χ0v) is 14.7. The monoisotopic (exact) mass is 328 g/mol. The highest BCUT2D eigenvalue weighted by atomic mass is 16.2. The smallest absolute Gasteiger partial charge is 0.225 e. The highest BCUT2D eigenvalue weighted by Crippen LogP contribution is 2.29. The van der Waals surface area contributed by atoms with E-state index < -0.39 is 0 Å². The molecule has 130 valence electrons. The number of benzene rings is 1. The first-order valence-electron chi connectivity index (χ1n) is 9.19. The van der Waals surface area contributed by atoms with E-state index in [2.05, 4.69) is 12.2 Å². The molecule has 1 aromatic rings. The second-order valence-corrected chi connectivity index (χ2v) is 7.50. The van der Waals surface area contributed by atoms with Crippen LogP contribution in [0.2, 0.25) is 0 Å². The van der Waals surface area contributed by atoms with Gasteiger partial charge in [0, 0.05) is 19.0 Å². The minimum Gasteiger partial charge on any atom is -0.353 e. The summed E-state index contributed by atoms with van der Waals surface area (Å²) < 4.78 is 0. The Morgan fingerprint density at radius 3 is 2.50 bits per heavy atom. The molecule has 1 aliphatic heterocycles. The van der Waals surface area contributed by atoms with E-state index in [9.17, 15) is 9.59 Å². The summed E-state index contributed by atoms with van der Waals surface area (Å²) in [5.41, 5.74) is 1.12. The molecule has 1 aromatic carbocycles. The molecular weight excluding hydrogens is 300 g/mol. The number of hydrogen-bond acceptors (Lipinski definition) is 2. The Balaban J connectivity index is 1.57. The van der Waals surface area contributed by atoms with Crippen LogP contribution in [0.15, 0.2) is 30.3 Å². The van der Waals surface area contributed by atoms with Crippen molar-refractivity contribution in [2.75, 3.05) is 6.54 Å². The molecule has 24 heavy (non-hydrogen) atoms. The lowest BCUT2D eigenvalue weighted by atomic mass is 9.87. The Morgan fingerprint density at radius 2 is 1.83 bits per heavy atom. The van der Waals surface area contributed by atoms with E-state index in [0.717, 1.165) is 24.3 Å². The van der Waals surface area contributed by atoms with Crippen molar-refractivity contribution in [3.8, 4) is 0 Å². The molecule has 3 rings (SSSR count). The fourth-order valence-electron chi connectivity index (χ4n) is 3.92. The summed E-state index contributed by atoms with van der Waals surface area (Å²) in [6.45, 7) is 4.84. The average Bonchev–Trinajstić information content (AvgIpc) is 2.99. The van der Waals surface area contributed by atoms with E-state index in [1.807, 2.05) is 42.2 Å². The van der Waals surface area contributed by atoms with Crippen LogP contribution in [0.1, 0.15) is 57.6 Å². The van der Waals surface area contributed by atoms with E-state index >= 15 is 0 Å². The van der Waals surface area contributed by atoms with Crippen molar-refractivity contribution < 1.29 is 9.59 Å². The van der Waals surface area contributed by atoms with Gasteiger partial charge in [0.25, 0.3) is 0 Å². The van der Waals surface area contributed by atoms with Crippen molar-refractivity contribution in [1.29, 1.82) is 0 Å². The van der Waals surface area contributed by atoms with Crippen molar-refractivity contribution in [2.24, 2.45) is 11.8 Å². The van der Waals surface area contributed by atoms with Crippen molar-refractivity contribution in [3.05, 3.63) is 35.9 Å². The van der Waals surface area contributed by atoms with Gasteiger partial charge in [0.15, 0.2) is 0 Å². The molecule has 1 saturated heterocycles. The number of hydrogen-bond donors (Lipinski definition) is 1. The summed E-state index contributed by atoms with van der Waals surface area (Å²) in [6, 6.07) is 10.3. The molecular formula is C20H28N2O2. The van der Waals surface area contributed by atoms with Crippen LogP contribution in [0.4, 0.5) is 0 Å². The normalized spacial score (nSPS) is 28.7. The van der Waals surface area contributed by atoms with Gasteiger partial charge in [-0.15, -0.1) is 0 Å². The molecule has 0 radical (unpaired) electrons. The topological polar surface area (TPSA) is 49.4 Å². The predicted octanol–water partition coefficient (Wildman–Crippen LogP) is 3.29. The lowest BCUT2D eigenvalue weighted by molar-refractivity contribution is -0.130. The molecule has 1 aliphatic carbocycles. The molecule has 1 heterocycles. The summed E-state index contributed by atoms with van der Waals surface area (Å²) in [7, 11) is 0. The molecule has 2 amide bonds. The summed E-state index contributed by atoms with van der Waals surface area (Å²) >= 11 is 0. The van der Waals surface area contributed by atoms with Crippen LogP contribution < -0.4 is 5.32 Å². The predicted molar refractivity (Wildman–Crippen MR) is 94.2 cm³/mol. The van der Waals surface area contributed by atoms with Gasteiger partial charge in [-0.1, -0.05) is 37.3 Å². The number of likely N-dealkylation sites (tertiary alicyclic amines) is 1. The molecule has 0 bridgehead atoms. The Labute approximate surface area is 144 Å². The van der Waals surface area contributed by atoms with E-state index in [1.54, 1.807) is 0 Å². The maximum absolute atomic E-state index is 12.6. The molecule has 2 fully saturated rings. The number of nitrogens with one attached hydrogen (secondary N) is 1. The van der Waals surface area contributed by atoms with Gasteiger partial charge in [-0.2, -0.15) is 0 Å².